The number of hydrogen-bond acceptors (Lipinski definition) is 2. The van der Waals surface area contributed by atoms with Gasteiger partial charge < -0.3 is 5.32 Å². The Balaban J connectivity index is 2.29. The van der Waals surface area contributed by atoms with E-state index in [4.69, 9.17) is 0 Å². The van der Waals surface area contributed by atoms with Gasteiger partial charge in [-0.25, -0.2) is 0 Å². The predicted octanol–water partition coefficient (Wildman–Crippen LogP) is 5.09. The first kappa shape index (κ1) is 14.3. The molecule has 102 valence electrons. The third-order valence-corrected chi connectivity index (χ3v) is 4.71. The van der Waals surface area contributed by atoms with E-state index in [9.17, 15) is 0 Å². The van der Waals surface area contributed by atoms with Crippen molar-refractivity contribution >= 4 is 11.3 Å². The molecule has 1 aromatic carbocycles. The molecule has 0 saturated heterocycles. The van der Waals surface area contributed by atoms with E-state index in [2.05, 4.69) is 63.3 Å². The second kappa shape index (κ2) is 6.36. The molecule has 1 atom stereocenters. The van der Waals surface area contributed by atoms with Gasteiger partial charge in [-0.05, 0) is 50.1 Å². The maximum atomic E-state index is 3.55. The highest BCUT2D eigenvalue weighted by molar-refractivity contribution is 7.15. The summed E-state index contributed by atoms with van der Waals surface area (Å²) in [6, 6.07) is 11.7. The van der Waals surface area contributed by atoms with Crippen molar-refractivity contribution in [3.05, 3.63) is 46.3 Å². The van der Waals surface area contributed by atoms with E-state index in [1.165, 1.54) is 26.4 Å². The molecule has 2 aromatic rings. The van der Waals surface area contributed by atoms with Crippen LogP contribution >= 0.6 is 11.3 Å². The Morgan fingerprint density at radius 3 is 2.53 bits per heavy atom. The highest BCUT2D eigenvalue weighted by Gasteiger charge is 2.12. The second-order valence-electron chi connectivity index (χ2n) is 5.04. The summed E-state index contributed by atoms with van der Waals surface area (Å²) in [5.74, 6) is 0. The zero-order valence-corrected chi connectivity index (χ0v) is 13.1. The van der Waals surface area contributed by atoms with Gasteiger partial charge in [0.15, 0.2) is 0 Å². The Kier molecular flexibility index (Phi) is 4.78. The van der Waals surface area contributed by atoms with Gasteiger partial charge in [0, 0.05) is 15.8 Å². The molecule has 0 aliphatic rings. The fourth-order valence-electron chi connectivity index (χ4n) is 2.47. The number of benzene rings is 1. The van der Waals surface area contributed by atoms with Crippen molar-refractivity contribution in [3.63, 3.8) is 0 Å². The lowest BCUT2D eigenvalue weighted by atomic mass is 10.0. The Labute approximate surface area is 120 Å². The molecule has 1 nitrogen and oxygen atoms in total. The molecule has 2 rings (SSSR count). The van der Waals surface area contributed by atoms with Crippen molar-refractivity contribution in [2.75, 3.05) is 6.54 Å². The van der Waals surface area contributed by atoms with Gasteiger partial charge in [-0.1, -0.05) is 37.6 Å². The van der Waals surface area contributed by atoms with Gasteiger partial charge in [0.05, 0.1) is 0 Å². The molecule has 19 heavy (non-hydrogen) atoms. The van der Waals surface area contributed by atoms with Crippen molar-refractivity contribution < 1.29 is 0 Å². The molecular weight excluding hydrogens is 250 g/mol. The summed E-state index contributed by atoms with van der Waals surface area (Å²) in [7, 11) is 0. The molecule has 1 aromatic heterocycles. The van der Waals surface area contributed by atoms with Gasteiger partial charge in [0.2, 0.25) is 0 Å². The van der Waals surface area contributed by atoms with Crippen LogP contribution in [0.15, 0.2) is 30.3 Å². The van der Waals surface area contributed by atoms with Gasteiger partial charge in [0.25, 0.3) is 0 Å². The molecule has 0 radical (unpaired) electrons. The Morgan fingerprint density at radius 2 is 1.89 bits per heavy atom. The van der Waals surface area contributed by atoms with Crippen molar-refractivity contribution in [1.29, 1.82) is 0 Å². The largest absolute Gasteiger partial charge is 0.310 e. The molecule has 1 N–H and O–H groups in total. The normalized spacial score (nSPS) is 12.6. The van der Waals surface area contributed by atoms with E-state index >= 15 is 0 Å². The Hall–Kier alpha value is -1.12. The molecule has 0 bridgehead atoms. The minimum Gasteiger partial charge on any atom is -0.310 e. The summed E-state index contributed by atoms with van der Waals surface area (Å²) in [4.78, 5) is 2.82. The monoisotopic (exact) mass is 273 g/mol. The van der Waals surface area contributed by atoms with Gasteiger partial charge in [-0.3, -0.25) is 0 Å². The van der Waals surface area contributed by atoms with E-state index in [1.54, 1.807) is 0 Å². The average molecular weight is 273 g/mol. The molecule has 2 heteroatoms. The van der Waals surface area contributed by atoms with Gasteiger partial charge in [-0.15, -0.1) is 11.3 Å². The van der Waals surface area contributed by atoms with Gasteiger partial charge >= 0.3 is 0 Å². The first-order chi connectivity index (χ1) is 9.15. The zero-order valence-electron chi connectivity index (χ0n) is 12.3. The molecule has 0 spiro atoms. The van der Waals surface area contributed by atoms with Crippen LogP contribution in [-0.4, -0.2) is 6.54 Å². The first-order valence-electron chi connectivity index (χ1n) is 7.06. The fourth-order valence-corrected chi connectivity index (χ4v) is 3.72. The zero-order chi connectivity index (χ0) is 13.8. The van der Waals surface area contributed by atoms with Crippen LogP contribution in [0.25, 0.3) is 10.4 Å². The summed E-state index contributed by atoms with van der Waals surface area (Å²) >= 11 is 1.92. The van der Waals surface area contributed by atoms with Crippen LogP contribution in [0.1, 0.15) is 42.3 Å². The number of aryl methyl sites for hydroxylation is 2. The predicted molar refractivity (Wildman–Crippen MR) is 85.9 cm³/mol. The van der Waals surface area contributed by atoms with Crippen LogP contribution in [0.3, 0.4) is 0 Å². The maximum absolute atomic E-state index is 3.55. The lowest BCUT2D eigenvalue weighted by Crippen LogP contribution is -2.18. The standard InChI is InChI=1S/C17H23NS/c1-5-15(18-6-2)17-10-9-16(19-17)14-8-7-12(3)11-13(14)4/h7-11,15,18H,5-6H2,1-4H3. The summed E-state index contributed by atoms with van der Waals surface area (Å²) in [6.45, 7) is 9.78. The van der Waals surface area contributed by atoms with Crippen molar-refractivity contribution in [3.8, 4) is 10.4 Å². The highest BCUT2D eigenvalue weighted by atomic mass is 32.1. The SMILES string of the molecule is CCNC(CC)c1ccc(-c2ccc(C)cc2C)s1. The Morgan fingerprint density at radius 1 is 1.11 bits per heavy atom. The third-order valence-electron chi connectivity index (χ3n) is 3.48. The summed E-state index contributed by atoms with van der Waals surface area (Å²) < 4.78 is 0. The molecule has 0 aliphatic heterocycles. The van der Waals surface area contributed by atoms with Crippen molar-refractivity contribution in [1.82, 2.24) is 5.32 Å². The van der Waals surface area contributed by atoms with Crippen LogP contribution < -0.4 is 5.32 Å². The topological polar surface area (TPSA) is 12.0 Å². The van der Waals surface area contributed by atoms with Gasteiger partial charge in [-0.2, -0.15) is 0 Å². The Bertz CT molecular complexity index is 542. The minimum absolute atomic E-state index is 0.495. The molecule has 0 amide bonds. The molecule has 1 unspecified atom stereocenters. The second-order valence-corrected chi connectivity index (χ2v) is 6.15. The lowest BCUT2D eigenvalue weighted by Gasteiger charge is -2.13. The van der Waals surface area contributed by atoms with E-state index in [0.29, 0.717) is 6.04 Å². The summed E-state index contributed by atoms with van der Waals surface area (Å²) in [5, 5.41) is 3.55. The van der Waals surface area contributed by atoms with Crippen LogP contribution in [0, 0.1) is 13.8 Å². The molecule has 0 aliphatic carbocycles. The third kappa shape index (κ3) is 3.26. The van der Waals surface area contributed by atoms with E-state index in [0.717, 1.165) is 13.0 Å². The molecular formula is C17H23NS. The van der Waals surface area contributed by atoms with E-state index < -0.39 is 0 Å². The summed E-state index contributed by atoms with van der Waals surface area (Å²) in [5.41, 5.74) is 4.07. The lowest BCUT2D eigenvalue weighted by molar-refractivity contribution is 0.545. The number of thiophene rings is 1. The number of nitrogens with one attached hydrogen (secondary N) is 1. The van der Waals surface area contributed by atoms with E-state index in [-0.39, 0.29) is 0 Å². The highest BCUT2D eigenvalue weighted by Crippen LogP contribution is 2.34. The van der Waals surface area contributed by atoms with Crippen LogP contribution in [0.5, 0.6) is 0 Å². The number of rotatable bonds is 5. The smallest absolute Gasteiger partial charge is 0.0412 e. The maximum Gasteiger partial charge on any atom is 0.0412 e. The van der Waals surface area contributed by atoms with Crippen LogP contribution in [0.4, 0.5) is 0 Å². The fraction of sp³-hybridized carbons (Fsp3) is 0.412. The van der Waals surface area contributed by atoms with Crippen LogP contribution in [-0.2, 0) is 0 Å². The minimum atomic E-state index is 0.495. The molecule has 0 saturated carbocycles. The average Bonchev–Trinajstić information content (AvgIpc) is 2.85. The van der Waals surface area contributed by atoms with Crippen molar-refractivity contribution in [2.24, 2.45) is 0 Å². The molecule has 0 fully saturated rings. The quantitative estimate of drug-likeness (QED) is 0.800. The number of hydrogen-bond donors (Lipinski definition) is 1. The van der Waals surface area contributed by atoms with Crippen LogP contribution in [0.2, 0.25) is 0 Å². The van der Waals surface area contributed by atoms with Crippen molar-refractivity contribution in [2.45, 2.75) is 40.2 Å². The van der Waals surface area contributed by atoms with E-state index in [1.807, 2.05) is 11.3 Å². The first-order valence-corrected chi connectivity index (χ1v) is 7.88. The molecule has 1 heterocycles. The summed E-state index contributed by atoms with van der Waals surface area (Å²) in [6.07, 6.45) is 1.14. The van der Waals surface area contributed by atoms with Gasteiger partial charge in [0.1, 0.15) is 0 Å².